The molecule has 0 fully saturated rings. The quantitative estimate of drug-likeness (QED) is 0.553. The van der Waals surface area contributed by atoms with Crippen molar-refractivity contribution in [3.8, 4) is 17.1 Å². The van der Waals surface area contributed by atoms with Gasteiger partial charge in [-0.15, -0.1) is 0 Å². The van der Waals surface area contributed by atoms with Gasteiger partial charge in [0.25, 0.3) is 5.91 Å². The SMILES string of the molecule is Cc1ccc(C(C)C)c(OCC(=O)N(C)Cc2nc(-c3ccc(Cl)cc3)no2)c1. The summed E-state index contributed by atoms with van der Waals surface area (Å²) in [7, 11) is 1.68. The van der Waals surface area contributed by atoms with Crippen molar-refractivity contribution in [2.45, 2.75) is 33.2 Å². The lowest BCUT2D eigenvalue weighted by Crippen LogP contribution is -2.31. The van der Waals surface area contributed by atoms with Crippen molar-refractivity contribution in [3.05, 3.63) is 64.5 Å². The van der Waals surface area contributed by atoms with Crippen molar-refractivity contribution in [3.63, 3.8) is 0 Å². The molecule has 1 amide bonds. The first-order valence-corrected chi connectivity index (χ1v) is 9.77. The van der Waals surface area contributed by atoms with Crippen LogP contribution < -0.4 is 4.74 Å². The van der Waals surface area contributed by atoms with Crippen LogP contribution in [-0.4, -0.2) is 34.6 Å². The maximum absolute atomic E-state index is 12.5. The predicted molar refractivity (Wildman–Crippen MR) is 112 cm³/mol. The van der Waals surface area contributed by atoms with Crippen molar-refractivity contribution >= 4 is 17.5 Å². The molecule has 0 atom stereocenters. The number of carbonyl (C=O) groups excluding carboxylic acids is 1. The summed E-state index contributed by atoms with van der Waals surface area (Å²) < 4.78 is 11.1. The Labute approximate surface area is 175 Å². The number of aromatic nitrogens is 2. The van der Waals surface area contributed by atoms with E-state index in [1.54, 1.807) is 19.2 Å². The Balaban J connectivity index is 1.60. The van der Waals surface area contributed by atoms with Gasteiger partial charge in [-0.3, -0.25) is 4.79 Å². The molecule has 0 spiro atoms. The van der Waals surface area contributed by atoms with Gasteiger partial charge in [0, 0.05) is 17.6 Å². The Morgan fingerprint density at radius 2 is 1.93 bits per heavy atom. The van der Waals surface area contributed by atoms with Crippen LogP contribution in [-0.2, 0) is 11.3 Å². The molecule has 1 heterocycles. The summed E-state index contributed by atoms with van der Waals surface area (Å²) in [4.78, 5) is 18.3. The molecule has 3 rings (SSSR count). The number of aryl methyl sites for hydroxylation is 1. The zero-order valence-corrected chi connectivity index (χ0v) is 17.7. The molecule has 0 aliphatic heterocycles. The highest BCUT2D eigenvalue weighted by molar-refractivity contribution is 6.30. The van der Waals surface area contributed by atoms with E-state index in [1.807, 2.05) is 37.3 Å². The van der Waals surface area contributed by atoms with Gasteiger partial charge in [-0.1, -0.05) is 42.7 Å². The third-order valence-electron chi connectivity index (χ3n) is 4.51. The average Bonchev–Trinajstić information content (AvgIpc) is 3.14. The van der Waals surface area contributed by atoms with Crippen LogP contribution in [0.5, 0.6) is 5.75 Å². The highest BCUT2D eigenvalue weighted by Crippen LogP contribution is 2.27. The number of ether oxygens (including phenoxy) is 1. The molecule has 0 N–H and O–H groups in total. The molecule has 0 saturated carbocycles. The van der Waals surface area contributed by atoms with Crippen molar-refractivity contribution in [1.29, 1.82) is 0 Å². The molecule has 2 aromatic carbocycles. The average molecular weight is 414 g/mol. The van der Waals surface area contributed by atoms with Crippen LogP contribution in [0.25, 0.3) is 11.4 Å². The summed E-state index contributed by atoms with van der Waals surface area (Å²) in [5, 5.41) is 4.60. The molecule has 0 unspecified atom stereocenters. The molecule has 0 saturated heterocycles. The van der Waals surface area contributed by atoms with E-state index in [4.69, 9.17) is 20.9 Å². The molecule has 1 aromatic heterocycles. The topological polar surface area (TPSA) is 68.5 Å². The van der Waals surface area contributed by atoms with E-state index < -0.39 is 0 Å². The second-order valence-electron chi connectivity index (χ2n) is 7.25. The standard InChI is InChI=1S/C22H24ClN3O3/c1-14(2)18-10-5-15(3)11-19(18)28-13-21(27)26(4)12-20-24-22(25-29-20)16-6-8-17(23)9-7-16/h5-11,14H,12-13H2,1-4H3. The third kappa shape index (κ3) is 5.35. The zero-order chi connectivity index (χ0) is 21.0. The Bertz CT molecular complexity index is 983. The number of benzene rings is 2. The number of hydrogen-bond acceptors (Lipinski definition) is 5. The summed E-state index contributed by atoms with van der Waals surface area (Å²) in [5.74, 6) is 1.68. The first-order chi connectivity index (χ1) is 13.8. The fourth-order valence-electron chi connectivity index (χ4n) is 2.82. The zero-order valence-electron chi connectivity index (χ0n) is 17.0. The lowest BCUT2D eigenvalue weighted by molar-refractivity contribution is -0.132. The van der Waals surface area contributed by atoms with Crippen LogP contribution in [0.15, 0.2) is 47.0 Å². The number of likely N-dealkylation sites (N-methyl/N-ethyl adjacent to an activating group) is 1. The van der Waals surface area contributed by atoms with Gasteiger partial charge >= 0.3 is 0 Å². The summed E-state index contributed by atoms with van der Waals surface area (Å²) in [5.41, 5.74) is 2.96. The smallest absolute Gasteiger partial charge is 0.260 e. The first-order valence-electron chi connectivity index (χ1n) is 9.39. The molecule has 7 heteroatoms. The summed E-state index contributed by atoms with van der Waals surface area (Å²) in [6.45, 7) is 6.34. The summed E-state index contributed by atoms with van der Waals surface area (Å²) >= 11 is 5.90. The first kappa shape index (κ1) is 20.9. The minimum absolute atomic E-state index is 0.0577. The third-order valence-corrected chi connectivity index (χ3v) is 4.76. The van der Waals surface area contributed by atoms with E-state index in [0.29, 0.717) is 22.7 Å². The van der Waals surface area contributed by atoms with Gasteiger partial charge < -0.3 is 14.2 Å². The number of hydrogen-bond donors (Lipinski definition) is 0. The maximum Gasteiger partial charge on any atom is 0.260 e. The Morgan fingerprint density at radius 3 is 2.62 bits per heavy atom. The summed E-state index contributed by atoms with van der Waals surface area (Å²) in [6.07, 6.45) is 0. The number of amides is 1. The molecular formula is C22H24ClN3O3. The minimum atomic E-state index is -0.174. The van der Waals surface area contributed by atoms with Crippen molar-refractivity contribution in [1.82, 2.24) is 15.0 Å². The van der Waals surface area contributed by atoms with Crippen LogP contribution in [0.2, 0.25) is 5.02 Å². The predicted octanol–water partition coefficient (Wildman–Crippen LogP) is 4.86. The van der Waals surface area contributed by atoms with Crippen LogP contribution in [0, 0.1) is 6.92 Å². The van der Waals surface area contributed by atoms with Crippen LogP contribution in [0.1, 0.15) is 36.8 Å². The monoisotopic (exact) mass is 413 g/mol. The van der Waals surface area contributed by atoms with E-state index in [9.17, 15) is 4.79 Å². The minimum Gasteiger partial charge on any atom is -0.483 e. The van der Waals surface area contributed by atoms with Gasteiger partial charge in [-0.05, 0) is 54.3 Å². The number of halogens is 1. The van der Waals surface area contributed by atoms with E-state index in [-0.39, 0.29) is 19.1 Å². The lowest BCUT2D eigenvalue weighted by atomic mass is 10.0. The van der Waals surface area contributed by atoms with E-state index in [2.05, 4.69) is 24.0 Å². The fourth-order valence-corrected chi connectivity index (χ4v) is 2.95. The van der Waals surface area contributed by atoms with E-state index in [0.717, 1.165) is 22.4 Å². The van der Waals surface area contributed by atoms with Gasteiger partial charge in [-0.2, -0.15) is 4.98 Å². The molecule has 0 bridgehead atoms. The van der Waals surface area contributed by atoms with E-state index in [1.165, 1.54) is 4.90 Å². The second-order valence-corrected chi connectivity index (χ2v) is 7.69. The van der Waals surface area contributed by atoms with Crippen LogP contribution >= 0.6 is 11.6 Å². The normalized spacial score (nSPS) is 11.0. The van der Waals surface area contributed by atoms with Crippen molar-refractivity contribution in [2.75, 3.05) is 13.7 Å². The lowest BCUT2D eigenvalue weighted by Gasteiger charge is -2.18. The van der Waals surface area contributed by atoms with Gasteiger partial charge in [0.05, 0.1) is 6.54 Å². The Kier molecular flexibility index (Phi) is 6.54. The second kappa shape index (κ2) is 9.09. The number of rotatable bonds is 7. The van der Waals surface area contributed by atoms with Gasteiger partial charge in [0.2, 0.25) is 11.7 Å². The largest absolute Gasteiger partial charge is 0.483 e. The molecule has 152 valence electrons. The summed E-state index contributed by atoms with van der Waals surface area (Å²) in [6, 6.07) is 13.2. The van der Waals surface area contributed by atoms with Crippen molar-refractivity contribution in [2.24, 2.45) is 0 Å². The number of carbonyl (C=O) groups is 1. The highest BCUT2D eigenvalue weighted by Gasteiger charge is 2.16. The van der Waals surface area contributed by atoms with Gasteiger partial charge in [0.15, 0.2) is 6.61 Å². The van der Waals surface area contributed by atoms with Gasteiger partial charge in [0.1, 0.15) is 5.75 Å². The molecule has 0 aliphatic rings. The molecule has 3 aromatic rings. The molecule has 0 radical (unpaired) electrons. The fraction of sp³-hybridized carbons (Fsp3) is 0.318. The highest BCUT2D eigenvalue weighted by atomic mass is 35.5. The maximum atomic E-state index is 12.5. The molecule has 29 heavy (non-hydrogen) atoms. The van der Waals surface area contributed by atoms with Gasteiger partial charge in [-0.25, -0.2) is 0 Å². The van der Waals surface area contributed by atoms with Crippen LogP contribution in [0.3, 0.4) is 0 Å². The number of nitrogens with zero attached hydrogens (tertiary/aromatic N) is 3. The molecule has 0 aliphatic carbocycles. The van der Waals surface area contributed by atoms with E-state index >= 15 is 0 Å². The van der Waals surface area contributed by atoms with Crippen LogP contribution in [0.4, 0.5) is 0 Å². The molecular weight excluding hydrogens is 390 g/mol. The Morgan fingerprint density at radius 1 is 1.21 bits per heavy atom. The molecule has 6 nitrogen and oxygen atoms in total. The Hall–Kier alpha value is -2.86. The van der Waals surface area contributed by atoms with Crippen molar-refractivity contribution < 1.29 is 14.1 Å².